The van der Waals surface area contributed by atoms with Crippen LogP contribution in [0.1, 0.15) is 31.6 Å². The monoisotopic (exact) mass is 376 g/mol. The van der Waals surface area contributed by atoms with Crippen LogP contribution in [-0.4, -0.2) is 60.3 Å². The molecule has 1 N–H and O–H groups in total. The molecule has 0 radical (unpaired) electrons. The average molecular weight is 376 g/mol. The highest BCUT2D eigenvalue weighted by atomic mass is 19.1. The topological polar surface area (TPSA) is 80.5 Å². The Morgan fingerprint density at radius 3 is 2.59 bits per heavy atom. The van der Waals surface area contributed by atoms with E-state index in [-0.39, 0.29) is 11.7 Å². The third-order valence-corrected chi connectivity index (χ3v) is 4.65. The van der Waals surface area contributed by atoms with Crippen molar-refractivity contribution >= 4 is 5.91 Å². The van der Waals surface area contributed by atoms with E-state index in [1.54, 1.807) is 24.0 Å². The molecule has 1 amide bonds. The molecule has 1 aromatic heterocycles. The van der Waals surface area contributed by atoms with Gasteiger partial charge >= 0.3 is 0 Å². The Morgan fingerprint density at radius 2 is 2.00 bits per heavy atom. The molecule has 4 rings (SSSR count). The highest BCUT2D eigenvalue weighted by Gasteiger charge is 2.21. The number of halogens is 1. The van der Waals surface area contributed by atoms with Crippen LogP contribution in [0.4, 0.5) is 4.39 Å². The predicted molar refractivity (Wildman–Crippen MR) is 97.6 cm³/mol. The molecule has 2 aliphatic heterocycles. The molecule has 1 aromatic carbocycles. The second-order valence-electron chi connectivity index (χ2n) is 6.62. The molecule has 1 unspecified atom stereocenters. The Kier molecular flexibility index (Phi) is 6.89. The van der Waals surface area contributed by atoms with E-state index in [2.05, 4.69) is 15.5 Å². The lowest BCUT2D eigenvalue weighted by atomic mass is 10.00. The van der Waals surface area contributed by atoms with Crippen LogP contribution >= 0.6 is 0 Å². The number of carbonyl (C=O) groups excluding carboxylic acids is 1. The minimum atomic E-state index is -0.265. The molecule has 7 nitrogen and oxygen atoms in total. The van der Waals surface area contributed by atoms with E-state index in [4.69, 9.17) is 9.26 Å². The van der Waals surface area contributed by atoms with Crippen LogP contribution < -0.4 is 5.32 Å². The summed E-state index contributed by atoms with van der Waals surface area (Å²) in [5, 5.41) is 7.27. The summed E-state index contributed by atoms with van der Waals surface area (Å²) in [7, 11) is 0. The van der Waals surface area contributed by atoms with Crippen molar-refractivity contribution in [3.05, 3.63) is 36.0 Å². The SMILES string of the molecule is CC(=O)N1CCOCC1.Fc1ccc(-c2noc(C3CCCNC3)n2)cc1. The number of hydrogen-bond donors (Lipinski definition) is 1. The van der Waals surface area contributed by atoms with Crippen LogP contribution in [0.15, 0.2) is 28.8 Å². The van der Waals surface area contributed by atoms with Gasteiger partial charge in [0, 0.05) is 32.1 Å². The largest absolute Gasteiger partial charge is 0.378 e. The van der Waals surface area contributed by atoms with E-state index in [0.717, 1.165) is 44.6 Å². The van der Waals surface area contributed by atoms with Crippen LogP contribution in [-0.2, 0) is 9.53 Å². The van der Waals surface area contributed by atoms with Crippen molar-refractivity contribution in [2.24, 2.45) is 0 Å². The van der Waals surface area contributed by atoms with Crippen molar-refractivity contribution in [2.45, 2.75) is 25.7 Å². The zero-order valence-corrected chi connectivity index (χ0v) is 15.5. The Balaban J connectivity index is 0.000000197. The molecule has 0 spiro atoms. The molecule has 0 saturated carbocycles. The van der Waals surface area contributed by atoms with Gasteiger partial charge < -0.3 is 19.5 Å². The molecule has 8 heteroatoms. The van der Waals surface area contributed by atoms with Crippen molar-refractivity contribution in [1.29, 1.82) is 0 Å². The molecule has 2 aliphatic rings. The number of hydrogen-bond acceptors (Lipinski definition) is 6. The molecule has 1 atom stereocenters. The summed E-state index contributed by atoms with van der Waals surface area (Å²) in [6.45, 7) is 6.43. The zero-order chi connectivity index (χ0) is 19.1. The summed E-state index contributed by atoms with van der Waals surface area (Å²) in [5.74, 6) is 1.37. The van der Waals surface area contributed by atoms with Gasteiger partial charge in [-0.15, -0.1) is 0 Å². The van der Waals surface area contributed by atoms with E-state index in [0.29, 0.717) is 30.8 Å². The summed E-state index contributed by atoms with van der Waals surface area (Å²) >= 11 is 0. The highest BCUT2D eigenvalue weighted by Crippen LogP contribution is 2.24. The van der Waals surface area contributed by atoms with E-state index < -0.39 is 0 Å². The van der Waals surface area contributed by atoms with Crippen LogP contribution in [0.25, 0.3) is 11.4 Å². The molecule has 2 fully saturated rings. The first-order valence-electron chi connectivity index (χ1n) is 9.27. The molecule has 2 saturated heterocycles. The number of carbonyl (C=O) groups is 1. The van der Waals surface area contributed by atoms with Gasteiger partial charge in [0.15, 0.2) is 0 Å². The van der Waals surface area contributed by atoms with Crippen LogP contribution in [0, 0.1) is 5.82 Å². The average Bonchev–Trinajstić information content (AvgIpc) is 3.21. The standard InChI is InChI=1S/C13H14FN3O.C6H11NO2/c14-11-5-3-9(4-6-11)12-16-13(18-17-12)10-2-1-7-15-8-10;1-6(8)7-2-4-9-5-3-7/h3-6,10,15H,1-2,7-8H2;2-5H2,1H3. The number of amides is 1. The van der Waals surface area contributed by atoms with Gasteiger partial charge in [-0.1, -0.05) is 5.16 Å². The number of benzene rings is 1. The normalized spacial score (nSPS) is 19.9. The molecule has 3 heterocycles. The third-order valence-electron chi connectivity index (χ3n) is 4.65. The first kappa shape index (κ1) is 19.4. The second-order valence-corrected chi connectivity index (χ2v) is 6.62. The molecule has 2 aromatic rings. The number of rotatable bonds is 2. The molecule has 27 heavy (non-hydrogen) atoms. The Morgan fingerprint density at radius 1 is 1.26 bits per heavy atom. The number of morpholine rings is 1. The summed E-state index contributed by atoms with van der Waals surface area (Å²) in [4.78, 5) is 16.9. The van der Waals surface area contributed by atoms with Gasteiger partial charge in [0.25, 0.3) is 0 Å². The quantitative estimate of drug-likeness (QED) is 0.866. The van der Waals surface area contributed by atoms with Gasteiger partial charge in [-0.2, -0.15) is 4.98 Å². The first-order valence-corrected chi connectivity index (χ1v) is 9.27. The first-order chi connectivity index (χ1) is 13.1. The van der Waals surface area contributed by atoms with Gasteiger partial charge in [-0.25, -0.2) is 4.39 Å². The van der Waals surface area contributed by atoms with E-state index in [1.165, 1.54) is 12.1 Å². The molecule has 146 valence electrons. The number of piperidine rings is 1. The number of nitrogens with zero attached hydrogens (tertiary/aromatic N) is 3. The minimum absolute atomic E-state index is 0.151. The molecular weight excluding hydrogens is 351 g/mol. The van der Waals surface area contributed by atoms with Crippen molar-refractivity contribution in [1.82, 2.24) is 20.4 Å². The van der Waals surface area contributed by atoms with E-state index in [9.17, 15) is 9.18 Å². The van der Waals surface area contributed by atoms with Gasteiger partial charge in [-0.3, -0.25) is 4.79 Å². The molecular formula is C19H25FN4O3. The highest BCUT2D eigenvalue weighted by molar-refractivity contribution is 5.73. The number of nitrogens with one attached hydrogen (secondary N) is 1. The van der Waals surface area contributed by atoms with Crippen molar-refractivity contribution in [2.75, 3.05) is 39.4 Å². The molecule has 0 bridgehead atoms. The fraction of sp³-hybridized carbons (Fsp3) is 0.526. The lowest BCUT2D eigenvalue weighted by Crippen LogP contribution is -2.39. The maximum Gasteiger partial charge on any atom is 0.231 e. The van der Waals surface area contributed by atoms with Gasteiger partial charge in [0.05, 0.1) is 19.1 Å². The Labute approximate surface area is 157 Å². The maximum atomic E-state index is 12.8. The predicted octanol–water partition coefficient (Wildman–Crippen LogP) is 2.21. The summed E-state index contributed by atoms with van der Waals surface area (Å²) in [5.41, 5.74) is 0.773. The van der Waals surface area contributed by atoms with Crippen LogP contribution in [0.5, 0.6) is 0 Å². The van der Waals surface area contributed by atoms with Crippen molar-refractivity contribution in [3.63, 3.8) is 0 Å². The van der Waals surface area contributed by atoms with Crippen molar-refractivity contribution in [3.8, 4) is 11.4 Å². The molecule has 0 aliphatic carbocycles. The lowest BCUT2D eigenvalue weighted by molar-refractivity contribution is -0.132. The Hall–Kier alpha value is -2.32. The van der Waals surface area contributed by atoms with Gasteiger partial charge in [0.2, 0.25) is 17.6 Å². The fourth-order valence-electron chi connectivity index (χ4n) is 3.06. The second kappa shape index (κ2) is 9.57. The minimum Gasteiger partial charge on any atom is -0.378 e. The third kappa shape index (κ3) is 5.58. The van der Waals surface area contributed by atoms with Gasteiger partial charge in [0.1, 0.15) is 5.82 Å². The summed E-state index contributed by atoms with van der Waals surface area (Å²) in [6, 6.07) is 6.10. The summed E-state index contributed by atoms with van der Waals surface area (Å²) < 4.78 is 23.2. The van der Waals surface area contributed by atoms with Crippen LogP contribution in [0.3, 0.4) is 0 Å². The van der Waals surface area contributed by atoms with E-state index >= 15 is 0 Å². The lowest BCUT2D eigenvalue weighted by Gasteiger charge is -2.25. The van der Waals surface area contributed by atoms with E-state index in [1.807, 2.05) is 0 Å². The summed E-state index contributed by atoms with van der Waals surface area (Å²) in [6.07, 6.45) is 2.19. The zero-order valence-electron chi connectivity index (χ0n) is 15.5. The fourth-order valence-corrected chi connectivity index (χ4v) is 3.06. The Bertz CT molecular complexity index is 723. The smallest absolute Gasteiger partial charge is 0.231 e. The van der Waals surface area contributed by atoms with Gasteiger partial charge in [-0.05, 0) is 43.7 Å². The number of aromatic nitrogens is 2. The number of ether oxygens (including phenoxy) is 1. The van der Waals surface area contributed by atoms with Crippen molar-refractivity contribution < 1.29 is 18.4 Å². The maximum absolute atomic E-state index is 12.8. The van der Waals surface area contributed by atoms with Crippen LogP contribution in [0.2, 0.25) is 0 Å².